The average Bonchev–Trinajstić information content (AvgIpc) is 3.30. The van der Waals surface area contributed by atoms with Gasteiger partial charge in [-0.15, -0.1) is 0 Å². The fourth-order valence-electron chi connectivity index (χ4n) is 2.53. The Kier molecular flexibility index (Phi) is 4.03. The summed E-state index contributed by atoms with van der Waals surface area (Å²) < 4.78 is 0. The minimum atomic E-state index is 0.409. The van der Waals surface area contributed by atoms with Crippen molar-refractivity contribution < 1.29 is 0 Å². The number of hydrogen-bond donors (Lipinski definition) is 2. The summed E-state index contributed by atoms with van der Waals surface area (Å²) in [6, 6.07) is 10.7. The van der Waals surface area contributed by atoms with Crippen molar-refractivity contribution in [2.75, 3.05) is 25.5 Å². The van der Waals surface area contributed by atoms with Crippen LogP contribution in [0, 0.1) is 0 Å². The topological polar surface area (TPSA) is 54.2 Å². The van der Waals surface area contributed by atoms with E-state index in [1.807, 2.05) is 30.3 Å². The van der Waals surface area contributed by atoms with E-state index in [1.165, 1.54) is 12.8 Å². The first-order chi connectivity index (χ1) is 10.1. The van der Waals surface area contributed by atoms with Crippen molar-refractivity contribution in [2.45, 2.75) is 18.9 Å². The molecule has 2 aromatic rings. The van der Waals surface area contributed by atoms with Gasteiger partial charge in [-0.05, 0) is 32.0 Å². The fourth-order valence-corrected chi connectivity index (χ4v) is 2.70. The first kappa shape index (κ1) is 14.2. The standard InChI is InChI=1S/C16H20N4S/c1-20(11-6-7-11)9-8-18-15-10-13(16(17)21)12-4-2-3-5-14(12)19-15/h2-5,10-11H,6-9H2,1H3,(H2,17,21)(H,18,19). The highest BCUT2D eigenvalue weighted by Gasteiger charge is 2.25. The van der Waals surface area contributed by atoms with E-state index in [1.54, 1.807) is 0 Å². The Morgan fingerprint density at radius 2 is 2.19 bits per heavy atom. The minimum absolute atomic E-state index is 0.409. The number of nitrogens with one attached hydrogen (secondary N) is 1. The molecule has 3 rings (SSSR count). The van der Waals surface area contributed by atoms with E-state index in [2.05, 4.69) is 22.2 Å². The molecule has 0 spiro atoms. The quantitative estimate of drug-likeness (QED) is 0.802. The first-order valence-electron chi connectivity index (χ1n) is 7.29. The van der Waals surface area contributed by atoms with Gasteiger partial charge in [0, 0.05) is 30.1 Å². The number of nitrogens with zero attached hydrogens (tertiary/aromatic N) is 2. The monoisotopic (exact) mass is 300 g/mol. The van der Waals surface area contributed by atoms with Crippen LogP contribution in [0.3, 0.4) is 0 Å². The summed E-state index contributed by atoms with van der Waals surface area (Å²) in [4.78, 5) is 7.43. The number of aromatic nitrogens is 1. The maximum absolute atomic E-state index is 5.84. The van der Waals surface area contributed by atoms with Gasteiger partial charge in [0.2, 0.25) is 0 Å². The van der Waals surface area contributed by atoms with Gasteiger partial charge < -0.3 is 16.0 Å². The van der Waals surface area contributed by atoms with Gasteiger partial charge >= 0.3 is 0 Å². The Balaban J connectivity index is 1.76. The van der Waals surface area contributed by atoms with Gasteiger partial charge in [0.15, 0.2) is 0 Å². The van der Waals surface area contributed by atoms with E-state index < -0.39 is 0 Å². The van der Waals surface area contributed by atoms with Crippen LogP contribution in [0.15, 0.2) is 30.3 Å². The number of likely N-dealkylation sites (N-methyl/N-ethyl adjacent to an activating group) is 1. The van der Waals surface area contributed by atoms with Gasteiger partial charge in [-0.1, -0.05) is 30.4 Å². The van der Waals surface area contributed by atoms with Gasteiger partial charge in [-0.25, -0.2) is 4.98 Å². The van der Waals surface area contributed by atoms with Crippen molar-refractivity contribution in [3.63, 3.8) is 0 Å². The third-order valence-electron chi connectivity index (χ3n) is 3.92. The number of para-hydroxylation sites is 1. The number of benzene rings is 1. The number of hydrogen-bond acceptors (Lipinski definition) is 4. The van der Waals surface area contributed by atoms with Crippen molar-refractivity contribution >= 4 is 33.9 Å². The third-order valence-corrected chi connectivity index (χ3v) is 4.14. The number of nitrogens with two attached hydrogens (primary N) is 1. The zero-order valence-electron chi connectivity index (χ0n) is 12.2. The van der Waals surface area contributed by atoms with Gasteiger partial charge in [-0.2, -0.15) is 0 Å². The third kappa shape index (κ3) is 3.31. The molecule has 3 N–H and O–H groups in total. The number of anilines is 1. The largest absolute Gasteiger partial charge is 0.389 e. The van der Waals surface area contributed by atoms with Gasteiger partial charge in [0.1, 0.15) is 10.8 Å². The molecule has 0 aliphatic heterocycles. The predicted octanol–water partition coefficient (Wildman–Crippen LogP) is 2.38. The SMILES string of the molecule is CN(CCNc1cc(C(N)=S)c2ccccc2n1)C1CC1. The second-order valence-electron chi connectivity index (χ2n) is 5.58. The van der Waals surface area contributed by atoms with Crippen LogP contribution in [-0.2, 0) is 0 Å². The number of pyridine rings is 1. The molecule has 21 heavy (non-hydrogen) atoms. The van der Waals surface area contributed by atoms with Gasteiger partial charge in [-0.3, -0.25) is 0 Å². The maximum atomic E-state index is 5.84. The lowest BCUT2D eigenvalue weighted by Crippen LogP contribution is -2.27. The van der Waals surface area contributed by atoms with Crippen molar-refractivity contribution in [3.05, 3.63) is 35.9 Å². The average molecular weight is 300 g/mol. The molecular weight excluding hydrogens is 280 g/mol. The molecule has 0 bridgehead atoms. The summed E-state index contributed by atoms with van der Waals surface area (Å²) in [5.41, 5.74) is 7.64. The molecule has 1 aromatic heterocycles. The van der Waals surface area contributed by atoms with E-state index in [4.69, 9.17) is 18.0 Å². The minimum Gasteiger partial charge on any atom is -0.389 e. The Morgan fingerprint density at radius 1 is 1.43 bits per heavy atom. The molecule has 1 aromatic carbocycles. The Labute approximate surface area is 130 Å². The summed E-state index contributed by atoms with van der Waals surface area (Å²) in [6.45, 7) is 1.89. The zero-order chi connectivity index (χ0) is 14.8. The van der Waals surface area contributed by atoms with Crippen LogP contribution in [0.4, 0.5) is 5.82 Å². The molecule has 1 heterocycles. The van der Waals surface area contributed by atoms with Crippen molar-refractivity contribution in [2.24, 2.45) is 5.73 Å². The fraction of sp³-hybridized carbons (Fsp3) is 0.375. The smallest absolute Gasteiger partial charge is 0.127 e. The lowest BCUT2D eigenvalue weighted by Gasteiger charge is -2.16. The van der Waals surface area contributed by atoms with Crippen LogP contribution in [0.5, 0.6) is 0 Å². The van der Waals surface area contributed by atoms with Gasteiger partial charge in [0.05, 0.1) is 5.52 Å². The number of fused-ring (bicyclic) bond motifs is 1. The second-order valence-corrected chi connectivity index (χ2v) is 6.01. The van der Waals surface area contributed by atoms with E-state index in [9.17, 15) is 0 Å². The Morgan fingerprint density at radius 3 is 2.90 bits per heavy atom. The van der Waals surface area contributed by atoms with Gasteiger partial charge in [0.25, 0.3) is 0 Å². The molecule has 0 atom stereocenters. The van der Waals surface area contributed by atoms with Crippen LogP contribution >= 0.6 is 12.2 Å². The lowest BCUT2D eigenvalue weighted by molar-refractivity contribution is 0.337. The van der Waals surface area contributed by atoms with Crippen LogP contribution in [0.1, 0.15) is 18.4 Å². The molecule has 1 aliphatic carbocycles. The second kappa shape index (κ2) is 5.95. The van der Waals surface area contributed by atoms with E-state index in [0.717, 1.165) is 41.4 Å². The maximum Gasteiger partial charge on any atom is 0.127 e. The Hall–Kier alpha value is -1.72. The highest BCUT2D eigenvalue weighted by molar-refractivity contribution is 7.80. The molecule has 1 saturated carbocycles. The van der Waals surface area contributed by atoms with Crippen LogP contribution in [-0.4, -0.2) is 41.1 Å². The Bertz CT molecular complexity index is 666. The molecule has 1 fully saturated rings. The molecule has 0 radical (unpaired) electrons. The molecule has 5 heteroatoms. The molecule has 1 aliphatic rings. The summed E-state index contributed by atoms with van der Waals surface area (Å²) >= 11 is 5.16. The molecular formula is C16H20N4S. The van der Waals surface area contributed by atoms with Crippen molar-refractivity contribution in [3.8, 4) is 0 Å². The van der Waals surface area contributed by atoms with E-state index >= 15 is 0 Å². The summed E-state index contributed by atoms with van der Waals surface area (Å²) in [5.74, 6) is 0.834. The normalized spacial score (nSPS) is 14.6. The summed E-state index contributed by atoms with van der Waals surface area (Å²) in [7, 11) is 2.17. The van der Waals surface area contributed by atoms with Crippen LogP contribution < -0.4 is 11.1 Å². The number of thiocarbonyl (C=S) groups is 1. The zero-order valence-corrected chi connectivity index (χ0v) is 13.0. The van der Waals surface area contributed by atoms with Crippen LogP contribution in [0.25, 0.3) is 10.9 Å². The molecule has 0 saturated heterocycles. The lowest BCUT2D eigenvalue weighted by atomic mass is 10.1. The first-order valence-corrected chi connectivity index (χ1v) is 7.69. The number of rotatable bonds is 6. The van der Waals surface area contributed by atoms with Crippen molar-refractivity contribution in [1.82, 2.24) is 9.88 Å². The summed E-state index contributed by atoms with van der Waals surface area (Å²) in [6.07, 6.45) is 2.66. The van der Waals surface area contributed by atoms with Crippen molar-refractivity contribution in [1.29, 1.82) is 0 Å². The molecule has 4 nitrogen and oxygen atoms in total. The highest BCUT2D eigenvalue weighted by atomic mass is 32.1. The van der Waals surface area contributed by atoms with E-state index in [-0.39, 0.29) is 0 Å². The molecule has 110 valence electrons. The predicted molar refractivity (Wildman–Crippen MR) is 91.8 cm³/mol. The van der Waals surface area contributed by atoms with Crippen LogP contribution in [0.2, 0.25) is 0 Å². The highest BCUT2D eigenvalue weighted by Crippen LogP contribution is 2.25. The molecule has 0 amide bonds. The van der Waals surface area contributed by atoms with E-state index in [0.29, 0.717) is 4.99 Å². The summed E-state index contributed by atoms with van der Waals surface area (Å²) in [5, 5.41) is 4.38. The molecule has 0 unspecified atom stereocenters.